The van der Waals surface area contributed by atoms with E-state index in [1.165, 1.54) is 0 Å². The minimum absolute atomic E-state index is 0.100. The SMILES string of the molecule is COc1ccc(-c2cn(C[C@H]3CC4CCN3C[C@@H]4C(=O)N3CCN(c4ccccc4OC)CC3)nn2)cc1. The van der Waals surface area contributed by atoms with Gasteiger partial charge in [0.1, 0.15) is 17.2 Å². The fourth-order valence-electron chi connectivity index (χ4n) is 6.40. The van der Waals surface area contributed by atoms with Crippen LogP contribution in [0.25, 0.3) is 11.3 Å². The van der Waals surface area contributed by atoms with Gasteiger partial charge in [0.2, 0.25) is 5.91 Å². The van der Waals surface area contributed by atoms with Gasteiger partial charge in [-0.15, -0.1) is 5.10 Å². The van der Waals surface area contributed by atoms with Crippen LogP contribution in [-0.2, 0) is 11.3 Å². The molecule has 0 saturated carbocycles. The topological polar surface area (TPSA) is 76.0 Å². The van der Waals surface area contributed by atoms with Crippen LogP contribution in [0.2, 0.25) is 0 Å². The Morgan fingerprint density at radius 2 is 1.76 bits per heavy atom. The van der Waals surface area contributed by atoms with E-state index < -0.39 is 0 Å². The van der Waals surface area contributed by atoms with Crippen molar-refractivity contribution in [1.82, 2.24) is 24.8 Å². The van der Waals surface area contributed by atoms with E-state index in [0.717, 1.165) is 87.1 Å². The second-order valence-electron chi connectivity index (χ2n) is 10.6. The van der Waals surface area contributed by atoms with Gasteiger partial charge in [-0.1, -0.05) is 17.3 Å². The molecule has 3 aromatic rings. The summed E-state index contributed by atoms with van der Waals surface area (Å²) in [5.74, 6) is 2.59. The second-order valence-corrected chi connectivity index (χ2v) is 10.6. The van der Waals surface area contributed by atoms with E-state index in [4.69, 9.17) is 9.47 Å². The molecule has 2 unspecified atom stereocenters. The van der Waals surface area contributed by atoms with Crippen LogP contribution >= 0.6 is 0 Å². The molecule has 0 N–H and O–H groups in total. The summed E-state index contributed by atoms with van der Waals surface area (Å²) >= 11 is 0. The molecule has 4 saturated heterocycles. The average Bonchev–Trinajstić information content (AvgIpc) is 3.45. The molecule has 1 aromatic heterocycles. The molecule has 4 fully saturated rings. The first-order valence-corrected chi connectivity index (χ1v) is 13.6. The number of fused-ring (bicyclic) bond motifs is 3. The van der Waals surface area contributed by atoms with E-state index in [-0.39, 0.29) is 5.92 Å². The maximum absolute atomic E-state index is 13.6. The summed E-state index contributed by atoms with van der Waals surface area (Å²) in [5, 5.41) is 8.80. The lowest BCUT2D eigenvalue weighted by Crippen LogP contribution is -2.60. The highest BCUT2D eigenvalue weighted by atomic mass is 16.5. The molecule has 200 valence electrons. The summed E-state index contributed by atoms with van der Waals surface area (Å²) in [6.45, 7) is 5.89. The van der Waals surface area contributed by atoms with Crippen LogP contribution in [-0.4, -0.2) is 90.2 Å². The number of ether oxygens (including phenoxy) is 2. The molecule has 2 aromatic carbocycles. The number of benzene rings is 2. The number of aromatic nitrogens is 3. The number of hydrogen-bond donors (Lipinski definition) is 0. The number of carbonyl (C=O) groups is 1. The van der Waals surface area contributed by atoms with Crippen molar-refractivity contribution in [1.29, 1.82) is 0 Å². The Labute approximate surface area is 223 Å². The first-order valence-electron chi connectivity index (χ1n) is 13.6. The normalized spacial score (nSPS) is 24.9. The summed E-state index contributed by atoms with van der Waals surface area (Å²) in [7, 11) is 3.38. The average molecular weight is 517 g/mol. The van der Waals surface area contributed by atoms with Crippen LogP contribution in [0.1, 0.15) is 12.8 Å². The van der Waals surface area contributed by atoms with Gasteiger partial charge in [-0.05, 0) is 61.7 Å². The Morgan fingerprint density at radius 3 is 2.47 bits per heavy atom. The van der Waals surface area contributed by atoms with Gasteiger partial charge >= 0.3 is 0 Å². The minimum atomic E-state index is 0.100. The van der Waals surface area contributed by atoms with Gasteiger partial charge in [0.05, 0.1) is 38.6 Å². The lowest BCUT2D eigenvalue weighted by Gasteiger charge is -2.50. The number of para-hydroxylation sites is 2. The van der Waals surface area contributed by atoms with Crippen LogP contribution in [0.4, 0.5) is 5.69 Å². The summed E-state index contributed by atoms with van der Waals surface area (Å²) in [5.41, 5.74) is 3.00. The Hall–Kier alpha value is -3.59. The third-order valence-corrected chi connectivity index (χ3v) is 8.54. The lowest BCUT2D eigenvalue weighted by atomic mass is 9.75. The Balaban J connectivity index is 1.04. The zero-order valence-corrected chi connectivity index (χ0v) is 22.2. The van der Waals surface area contributed by atoms with Gasteiger partial charge < -0.3 is 19.3 Å². The predicted octanol–water partition coefficient (Wildman–Crippen LogP) is 3.02. The third-order valence-electron chi connectivity index (χ3n) is 8.54. The molecule has 7 rings (SSSR count). The van der Waals surface area contributed by atoms with Crippen LogP contribution in [0.3, 0.4) is 0 Å². The maximum Gasteiger partial charge on any atom is 0.227 e. The first kappa shape index (κ1) is 24.7. The summed E-state index contributed by atoms with van der Waals surface area (Å²) in [6.07, 6.45) is 4.16. The van der Waals surface area contributed by atoms with Crippen molar-refractivity contribution in [3.05, 3.63) is 54.7 Å². The molecule has 1 amide bonds. The van der Waals surface area contributed by atoms with Crippen LogP contribution in [0.15, 0.2) is 54.7 Å². The smallest absolute Gasteiger partial charge is 0.227 e. The summed E-state index contributed by atoms with van der Waals surface area (Å²) < 4.78 is 12.8. The van der Waals surface area contributed by atoms with Crippen molar-refractivity contribution in [2.24, 2.45) is 11.8 Å². The molecule has 9 nitrogen and oxygen atoms in total. The van der Waals surface area contributed by atoms with Crippen molar-refractivity contribution in [3.8, 4) is 22.8 Å². The van der Waals surface area contributed by atoms with E-state index in [2.05, 4.69) is 31.1 Å². The van der Waals surface area contributed by atoms with E-state index >= 15 is 0 Å². The quantitative estimate of drug-likeness (QED) is 0.478. The van der Waals surface area contributed by atoms with Crippen LogP contribution in [0.5, 0.6) is 11.5 Å². The highest BCUT2D eigenvalue weighted by Crippen LogP contribution is 2.38. The Kier molecular flexibility index (Phi) is 6.93. The first-order chi connectivity index (χ1) is 18.6. The Bertz CT molecular complexity index is 1250. The number of nitrogens with zero attached hydrogens (tertiary/aromatic N) is 6. The molecule has 4 atom stereocenters. The maximum atomic E-state index is 13.6. The number of piperidine rings is 3. The van der Waals surface area contributed by atoms with Gasteiger partial charge in [-0.25, -0.2) is 0 Å². The highest BCUT2D eigenvalue weighted by molar-refractivity contribution is 5.80. The van der Waals surface area contributed by atoms with E-state index in [1.807, 2.05) is 53.3 Å². The van der Waals surface area contributed by atoms with Gasteiger partial charge in [-0.2, -0.15) is 0 Å². The zero-order valence-electron chi connectivity index (χ0n) is 22.2. The zero-order chi connectivity index (χ0) is 26.1. The largest absolute Gasteiger partial charge is 0.497 e. The van der Waals surface area contributed by atoms with E-state index in [0.29, 0.717) is 17.9 Å². The molecule has 38 heavy (non-hydrogen) atoms. The number of rotatable bonds is 7. The standard InChI is InChI=1S/C29H36N6O3/c1-37-24-9-7-21(8-10-24)26-20-35(31-30-26)18-23-17-22-11-12-34(23)19-25(22)29(36)33-15-13-32(14-16-33)27-5-3-4-6-28(27)38-2/h3-10,20,22-23,25H,11-19H2,1-2H3/t22?,23-,25+/m1/s1. The number of piperazine rings is 1. The lowest BCUT2D eigenvalue weighted by molar-refractivity contribution is -0.144. The molecule has 0 spiro atoms. The fraction of sp³-hybridized carbons (Fsp3) is 0.483. The monoisotopic (exact) mass is 516 g/mol. The van der Waals surface area contributed by atoms with Gasteiger partial charge in [-0.3, -0.25) is 14.4 Å². The minimum Gasteiger partial charge on any atom is -0.497 e. The fourth-order valence-corrected chi connectivity index (χ4v) is 6.40. The van der Waals surface area contributed by atoms with Crippen molar-refractivity contribution in [2.45, 2.75) is 25.4 Å². The van der Waals surface area contributed by atoms with Crippen molar-refractivity contribution in [3.63, 3.8) is 0 Å². The summed E-state index contributed by atoms with van der Waals surface area (Å²) in [4.78, 5) is 20.5. The molecular weight excluding hydrogens is 480 g/mol. The Morgan fingerprint density at radius 1 is 0.974 bits per heavy atom. The van der Waals surface area contributed by atoms with Gasteiger partial charge in [0.25, 0.3) is 0 Å². The number of carbonyl (C=O) groups excluding carboxylic acids is 1. The molecule has 9 heteroatoms. The summed E-state index contributed by atoms with van der Waals surface area (Å²) in [6, 6.07) is 16.4. The van der Waals surface area contributed by atoms with E-state index in [9.17, 15) is 4.79 Å². The van der Waals surface area contributed by atoms with E-state index in [1.54, 1.807) is 14.2 Å². The molecule has 5 heterocycles. The molecule has 4 aliphatic heterocycles. The number of anilines is 1. The molecule has 0 aliphatic carbocycles. The van der Waals surface area contributed by atoms with Gasteiger partial charge in [0, 0.05) is 44.3 Å². The highest BCUT2D eigenvalue weighted by Gasteiger charge is 2.44. The van der Waals surface area contributed by atoms with Crippen molar-refractivity contribution < 1.29 is 14.3 Å². The van der Waals surface area contributed by atoms with Crippen LogP contribution in [0, 0.1) is 11.8 Å². The number of methoxy groups -OCH3 is 2. The molecule has 4 aliphatic rings. The second kappa shape index (κ2) is 10.6. The number of amides is 1. The molecular formula is C29H36N6O3. The number of hydrogen-bond acceptors (Lipinski definition) is 7. The van der Waals surface area contributed by atoms with Crippen molar-refractivity contribution in [2.75, 3.05) is 58.4 Å². The van der Waals surface area contributed by atoms with Gasteiger partial charge in [0.15, 0.2) is 0 Å². The molecule has 0 radical (unpaired) electrons. The van der Waals surface area contributed by atoms with Crippen molar-refractivity contribution >= 4 is 11.6 Å². The van der Waals surface area contributed by atoms with Crippen LogP contribution < -0.4 is 14.4 Å². The third kappa shape index (κ3) is 4.82. The molecule has 2 bridgehead atoms. The predicted molar refractivity (Wildman–Crippen MR) is 145 cm³/mol.